The number of nitrogens with one attached hydrogen (secondary N) is 1. The summed E-state index contributed by atoms with van der Waals surface area (Å²) in [5.41, 5.74) is 0. The lowest BCUT2D eigenvalue weighted by Crippen LogP contribution is -1.94. The van der Waals surface area contributed by atoms with Gasteiger partial charge in [-0.25, -0.2) is 15.0 Å². The topological polar surface area (TPSA) is 67.3 Å². The summed E-state index contributed by atoms with van der Waals surface area (Å²) in [6.45, 7) is 1.86. The average molecular weight is 268 g/mol. The van der Waals surface area contributed by atoms with E-state index in [1.807, 2.05) is 6.92 Å². The molecule has 0 amide bonds. The van der Waals surface area contributed by atoms with Gasteiger partial charge in [0.1, 0.15) is 21.8 Å². The number of hydrogen-bond acceptors (Lipinski definition) is 5. The van der Waals surface area contributed by atoms with Gasteiger partial charge in [-0.3, -0.25) is 5.10 Å². The van der Waals surface area contributed by atoms with E-state index in [1.165, 1.54) is 11.8 Å². The minimum atomic E-state index is 0.483. The molecule has 0 bridgehead atoms. The molecule has 88 valence electrons. The van der Waals surface area contributed by atoms with Gasteiger partial charge >= 0.3 is 0 Å². The lowest BCUT2D eigenvalue weighted by molar-refractivity contribution is 0.874. The Labute approximate surface area is 107 Å². The highest BCUT2D eigenvalue weighted by molar-refractivity contribution is 7.99. The number of aryl methyl sites for hydroxylation is 1. The van der Waals surface area contributed by atoms with Crippen LogP contribution in [0.5, 0.6) is 0 Å². The Morgan fingerprint density at radius 3 is 2.82 bits per heavy atom. The van der Waals surface area contributed by atoms with Crippen LogP contribution in [0.2, 0.25) is 5.15 Å². The van der Waals surface area contributed by atoms with E-state index in [0.29, 0.717) is 16.2 Å². The van der Waals surface area contributed by atoms with E-state index in [1.54, 1.807) is 6.07 Å². The second-order valence-electron chi connectivity index (χ2n) is 3.97. The smallest absolute Gasteiger partial charge is 0.214 e. The maximum Gasteiger partial charge on any atom is 0.214 e. The van der Waals surface area contributed by atoms with Crippen LogP contribution in [0.25, 0.3) is 0 Å². The molecular formula is C10H10ClN5S. The van der Waals surface area contributed by atoms with Gasteiger partial charge in [-0.1, -0.05) is 11.6 Å². The van der Waals surface area contributed by atoms with Crippen LogP contribution in [-0.4, -0.2) is 25.1 Å². The SMILES string of the molecule is Cc1nc(Sc2cc(Cl)nc(C3CC3)n2)n[nH]1. The minimum Gasteiger partial charge on any atom is -0.262 e. The Hall–Kier alpha value is -1.14. The van der Waals surface area contributed by atoms with Gasteiger partial charge in [-0.05, 0) is 31.5 Å². The van der Waals surface area contributed by atoms with Crippen molar-refractivity contribution in [2.24, 2.45) is 0 Å². The highest BCUT2D eigenvalue weighted by Gasteiger charge is 2.27. The van der Waals surface area contributed by atoms with Gasteiger partial charge < -0.3 is 0 Å². The minimum absolute atomic E-state index is 0.483. The van der Waals surface area contributed by atoms with E-state index >= 15 is 0 Å². The number of halogens is 1. The molecule has 0 spiro atoms. The van der Waals surface area contributed by atoms with Crippen LogP contribution in [0.1, 0.15) is 30.4 Å². The lowest BCUT2D eigenvalue weighted by Gasteiger charge is -2.01. The Morgan fingerprint density at radius 1 is 1.35 bits per heavy atom. The fourth-order valence-corrected chi connectivity index (χ4v) is 2.48. The predicted octanol–water partition coefficient (Wildman–Crippen LogP) is 2.59. The first kappa shape index (κ1) is 11.0. The summed E-state index contributed by atoms with van der Waals surface area (Å²) in [4.78, 5) is 12.9. The van der Waals surface area contributed by atoms with E-state index in [0.717, 1.165) is 29.5 Å². The number of H-pyrrole nitrogens is 1. The highest BCUT2D eigenvalue weighted by Crippen LogP contribution is 2.39. The third-order valence-electron chi connectivity index (χ3n) is 2.40. The zero-order chi connectivity index (χ0) is 11.8. The van der Waals surface area contributed by atoms with E-state index in [2.05, 4.69) is 25.1 Å². The van der Waals surface area contributed by atoms with Gasteiger partial charge in [0.2, 0.25) is 5.16 Å². The van der Waals surface area contributed by atoms with Crippen molar-refractivity contribution in [3.05, 3.63) is 22.9 Å². The summed E-state index contributed by atoms with van der Waals surface area (Å²) in [6, 6.07) is 1.74. The third-order valence-corrected chi connectivity index (χ3v) is 3.38. The maximum atomic E-state index is 5.98. The standard InChI is InChI=1S/C10H10ClN5S/c1-5-12-10(16-15-5)17-8-4-7(11)13-9(14-8)6-2-3-6/h4,6H,2-3H2,1H3,(H,12,15,16). The zero-order valence-corrected chi connectivity index (χ0v) is 10.7. The van der Waals surface area contributed by atoms with Gasteiger partial charge in [-0.15, -0.1) is 5.10 Å². The number of aromatic nitrogens is 5. The van der Waals surface area contributed by atoms with E-state index in [-0.39, 0.29) is 0 Å². The zero-order valence-electron chi connectivity index (χ0n) is 9.14. The van der Waals surface area contributed by atoms with Crippen molar-refractivity contribution < 1.29 is 0 Å². The number of nitrogens with zero attached hydrogens (tertiary/aromatic N) is 4. The fourth-order valence-electron chi connectivity index (χ4n) is 1.45. The maximum absolute atomic E-state index is 5.98. The number of aromatic amines is 1. The van der Waals surface area contributed by atoms with Crippen molar-refractivity contribution in [3.63, 3.8) is 0 Å². The van der Waals surface area contributed by atoms with E-state index in [4.69, 9.17) is 11.6 Å². The molecule has 1 aliphatic rings. The summed E-state index contributed by atoms with van der Waals surface area (Å²) >= 11 is 7.37. The summed E-state index contributed by atoms with van der Waals surface area (Å²) in [5, 5.41) is 8.78. The van der Waals surface area contributed by atoms with Crippen LogP contribution in [-0.2, 0) is 0 Å². The third kappa shape index (κ3) is 2.58. The molecule has 0 radical (unpaired) electrons. The summed E-state index contributed by atoms with van der Waals surface area (Å²) in [7, 11) is 0. The molecule has 2 aromatic rings. The first-order valence-corrected chi connectivity index (χ1v) is 6.51. The Bertz CT molecular complexity index is 551. The predicted molar refractivity (Wildman–Crippen MR) is 64.3 cm³/mol. The molecule has 0 unspecified atom stereocenters. The molecule has 2 heterocycles. The summed E-state index contributed by atoms with van der Waals surface area (Å²) < 4.78 is 0. The summed E-state index contributed by atoms with van der Waals surface area (Å²) in [6.07, 6.45) is 2.31. The van der Waals surface area contributed by atoms with Gasteiger partial charge in [-0.2, -0.15) is 0 Å². The largest absolute Gasteiger partial charge is 0.262 e. The van der Waals surface area contributed by atoms with Crippen LogP contribution < -0.4 is 0 Å². The molecule has 1 fully saturated rings. The number of hydrogen-bond donors (Lipinski definition) is 1. The molecule has 17 heavy (non-hydrogen) atoms. The van der Waals surface area contributed by atoms with Crippen molar-refractivity contribution in [2.45, 2.75) is 35.9 Å². The Morgan fingerprint density at radius 2 is 2.18 bits per heavy atom. The molecule has 0 saturated heterocycles. The normalized spacial score (nSPS) is 15.2. The van der Waals surface area contributed by atoms with Gasteiger partial charge in [0.15, 0.2) is 0 Å². The van der Waals surface area contributed by atoms with Crippen molar-refractivity contribution >= 4 is 23.4 Å². The van der Waals surface area contributed by atoms with Gasteiger partial charge in [0.25, 0.3) is 0 Å². The molecule has 1 N–H and O–H groups in total. The first-order valence-electron chi connectivity index (χ1n) is 5.32. The molecule has 0 aliphatic heterocycles. The molecule has 3 rings (SSSR count). The highest BCUT2D eigenvalue weighted by atomic mass is 35.5. The average Bonchev–Trinajstić information content (AvgIpc) is 3.03. The quantitative estimate of drug-likeness (QED) is 0.866. The summed E-state index contributed by atoms with van der Waals surface area (Å²) in [5.74, 6) is 2.12. The van der Waals surface area contributed by atoms with Crippen molar-refractivity contribution in [2.75, 3.05) is 0 Å². The fraction of sp³-hybridized carbons (Fsp3) is 0.400. The molecule has 0 aromatic carbocycles. The molecule has 5 nitrogen and oxygen atoms in total. The Kier molecular flexibility index (Phi) is 2.76. The van der Waals surface area contributed by atoms with Gasteiger partial charge in [0, 0.05) is 12.0 Å². The van der Waals surface area contributed by atoms with Crippen LogP contribution in [0.3, 0.4) is 0 Å². The van der Waals surface area contributed by atoms with Crippen LogP contribution in [0.4, 0.5) is 0 Å². The van der Waals surface area contributed by atoms with Crippen molar-refractivity contribution in [1.29, 1.82) is 0 Å². The van der Waals surface area contributed by atoms with E-state index < -0.39 is 0 Å². The second-order valence-corrected chi connectivity index (χ2v) is 5.34. The van der Waals surface area contributed by atoms with Crippen molar-refractivity contribution in [3.8, 4) is 0 Å². The van der Waals surface area contributed by atoms with Crippen LogP contribution in [0, 0.1) is 6.92 Å². The van der Waals surface area contributed by atoms with Crippen LogP contribution >= 0.6 is 23.4 Å². The monoisotopic (exact) mass is 267 g/mol. The first-order chi connectivity index (χ1) is 8.20. The lowest BCUT2D eigenvalue weighted by atomic mass is 10.4. The Balaban J connectivity index is 1.86. The van der Waals surface area contributed by atoms with Crippen LogP contribution in [0.15, 0.2) is 16.2 Å². The molecule has 7 heteroatoms. The second kappa shape index (κ2) is 4.27. The van der Waals surface area contributed by atoms with Crippen molar-refractivity contribution in [1.82, 2.24) is 25.1 Å². The molecule has 1 aliphatic carbocycles. The molecule has 0 atom stereocenters. The van der Waals surface area contributed by atoms with Gasteiger partial charge in [0.05, 0.1) is 0 Å². The molecule has 2 aromatic heterocycles. The molecular weight excluding hydrogens is 258 g/mol. The molecule has 1 saturated carbocycles. The van der Waals surface area contributed by atoms with E-state index in [9.17, 15) is 0 Å². The number of rotatable bonds is 3.